The first-order chi connectivity index (χ1) is 28.3. The van der Waals surface area contributed by atoms with Crippen molar-refractivity contribution in [1.29, 1.82) is 0 Å². The van der Waals surface area contributed by atoms with Crippen LogP contribution < -0.4 is 9.80 Å². The van der Waals surface area contributed by atoms with Crippen molar-refractivity contribution >= 4 is 87.0 Å². The molecular formula is C42H54BBrN8O6S2. The van der Waals surface area contributed by atoms with Gasteiger partial charge in [-0.15, -0.1) is 22.7 Å². The molecule has 2 N–H and O–H groups in total. The van der Waals surface area contributed by atoms with Crippen LogP contribution in [-0.4, -0.2) is 123 Å². The Hall–Kier alpha value is -4.36. The smallest absolute Gasteiger partial charge is 0.444 e. The number of pyridine rings is 2. The molecular weight excluding hydrogens is 867 g/mol. The minimum Gasteiger partial charge on any atom is -0.444 e. The first-order valence-corrected chi connectivity index (χ1v) is 22.6. The Bertz CT molecular complexity index is 2200. The van der Waals surface area contributed by atoms with Crippen LogP contribution >= 0.6 is 38.6 Å². The molecule has 2 aliphatic carbocycles. The van der Waals surface area contributed by atoms with E-state index >= 15 is 0 Å². The number of ether oxygens (including phenoxy) is 2. The zero-order valence-corrected chi connectivity index (χ0v) is 38.8. The molecule has 0 atom stereocenters. The first-order valence-electron chi connectivity index (χ1n) is 20.0. The number of nitrogens with zero attached hydrogens (tertiary/aromatic N) is 8. The number of fused-ring (bicyclic) bond motifs is 2. The summed E-state index contributed by atoms with van der Waals surface area (Å²) in [5, 5.41) is 25.1. The highest BCUT2D eigenvalue weighted by Gasteiger charge is 2.31. The molecule has 4 aromatic rings. The van der Waals surface area contributed by atoms with Crippen molar-refractivity contribution in [2.45, 2.75) is 79.4 Å². The molecule has 0 bridgehead atoms. The second-order valence-electron chi connectivity index (χ2n) is 16.8. The molecule has 0 unspecified atom stereocenters. The summed E-state index contributed by atoms with van der Waals surface area (Å²) in [7, 11) is -1.45. The van der Waals surface area contributed by atoms with Crippen LogP contribution in [0, 0.1) is 13.8 Å². The fraction of sp³-hybridized carbons (Fsp3) is 0.476. The average molecular weight is 922 g/mol. The number of amides is 2. The number of allylic oxidation sites excluding steroid dienone is 2. The zero-order valence-electron chi connectivity index (χ0n) is 35.6. The minimum atomic E-state index is -1.45. The quantitative estimate of drug-likeness (QED) is 0.197. The van der Waals surface area contributed by atoms with E-state index in [0.29, 0.717) is 51.2 Å². The van der Waals surface area contributed by atoms with Crippen LogP contribution in [0.15, 0.2) is 45.4 Å². The van der Waals surface area contributed by atoms with Gasteiger partial charge in [0.1, 0.15) is 15.8 Å². The van der Waals surface area contributed by atoms with Crippen LogP contribution in [0.3, 0.4) is 0 Å². The van der Waals surface area contributed by atoms with Gasteiger partial charge < -0.3 is 39.1 Å². The molecule has 8 rings (SSSR count). The number of halogens is 1. The van der Waals surface area contributed by atoms with E-state index in [0.717, 1.165) is 62.5 Å². The number of hydrogen-bond acceptors (Lipinski definition) is 14. The second kappa shape index (κ2) is 19.1. The molecule has 0 radical (unpaired) electrons. The molecule has 4 aromatic heterocycles. The summed E-state index contributed by atoms with van der Waals surface area (Å²) in [5.74, 6) is 0. The summed E-state index contributed by atoms with van der Waals surface area (Å²) in [6.07, 6.45) is 8.44. The number of hydrogen-bond donors (Lipinski definition) is 2. The van der Waals surface area contributed by atoms with Crippen LogP contribution in [0.2, 0.25) is 0 Å². The number of thiazole rings is 2. The van der Waals surface area contributed by atoms with E-state index in [2.05, 4.69) is 63.2 Å². The Kier molecular flexibility index (Phi) is 14.4. The van der Waals surface area contributed by atoms with Crippen LogP contribution in [0.25, 0.3) is 17.7 Å². The maximum absolute atomic E-state index is 12.3. The molecule has 320 valence electrons. The maximum atomic E-state index is 12.3. The fourth-order valence-corrected chi connectivity index (χ4v) is 8.86. The summed E-state index contributed by atoms with van der Waals surface area (Å²) in [4.78, 5) is 50.1. The Balaban J connectivity index is 0.000000174. The molecule has 6 heterocycles. The van der Waals surface area contributed by atoms with Gasteiger partial charge in [-0.3, -0.25) is 9.97 Å². The molecule has 0 saturated carbocycles. The van der Waals surface area contributed by atoms with Crippen molar-refractivity contribution in [1.82, 2.24) is 29.7 Å². The van der Waals surface area contributed by atoms with E-state index < -0.39 is 18.3 Å². The molecule has 0 aromatic carbocycles. The van der Waals surface area contributed by atoms with Crippen molar-refractivity contribution < 1.29 is 29.1 Å². The van der Waals surface area contributed by atoms with E-state index in [1.807, 2.05) is 79.1 Å². The SMILES string of the molecule is CC(C)(C)OC(=O)N1CCN(c2ccnc3c2C=C(B(O)O)C3)CC1.Cc1nc(Br)cs1.Cc1nc(C2=Cc3c(N4CCN(C(=O)OC(C)(C)C)CC4)ccnc3C2)cs1. The second-order valence-corrected chi connectivity index (χ2v) is 19.8. The number of carbonyl (C=O) groups is 2. The molecule has 4 aliphatic rings. The lowest BCUT2D eigenvalue weighted by Crippen LogP contribution is -2.50. The highest BCUT2D eigenvalue weighted by molar-refractivity contribution is 9.10. The Morgan fingerprint density at radius 1 is 0.700 bits per heavy atom. The van der Waals surface area contributed by atoms with E-state index in [-0.39, 0.29) is 12.2 Å². The fourth-order valence-electron chi connectivity index (χ4n) is 7.08. The number of anilines is 2. The van der Waals surface area contributed by atoms with Gasteiger partial charge in [0.05, 0.1) is 27.1 Å². The monoisotopic (exact) mass is 920 g/mol. The zero-order chi connectivity index (χ0) is 43.4. The van der Waals surface area contributed by atoms with Crippen LogP contribution in [0.5, 0.6) is 0 Å². The number of aryl methyl sites for hydroxylation is 2. The summed E-state index contributed by atoms with van der Waals surface area (Å²) < 4.78 is 11.9. The molecule has 2 fully saturated rings. The Morgan fingerprint density at radius 2 is 1.17 bits per heavy atom. The third-order valence-electron chi connectivity index (χ3n) is 9.89. The van der Waals surface area contributed by atoms with Gasteiger partial charge in [-0.25, -0.2) is 19.6 Å². The summed E-state index contributed by atoms with van der Waals surface area (Å²) >= 11 is 6.55. The molecule has 18 heteroatoms. The Labute approximate surface area is 369 Å². The van der Waals surface area contributed by atoms with Crippen LogP contribution in [0.1, 0.15) is 79.8 Å². The van der Waals surface area contributed by atoms with Gasteiger partial charge in [0.15, 0.2) is 0 Å². The summed E-state index contributed by atoms with van der Waals surface area (Å²) in [6, 6.07) is 4.01. The van der Waals surface area contributed by atoms with Crippen molar-refractivity contribution in [3.63, 3.8) is 0 Å². The minimum absolute atomic E-state index is 0.229. The predicted octanol–water partition coefficient (Wildman–Crippen LogP) is 7.30. The molecule has 2 amide bonds. The number of piperazine rings is 2. The van der Waals surface area contributed by atoms with Crippen molar-refractivity contribution in [2.24, 2.45) is 0 Å². The van der Waals surface area contributed by atoms with Crippen molar-refractivity contribution in [3.8, 4) is 0 Å². The van der Waals surface area contributed by atoms with Gasteiger partial charge in [0.2, 0.25) is 0 Å². The Morgan fingerprint density at radius 3 is 1.57 bits per heavy atom. The number of aromatic nitrogens is 4. The molecule has 2 saturated heterocycles. The van der Waals surface area contributed by atoms with E-state index in [4.69, 9.17) is 9.47 Å². The lowest BCUT2D eigenvalue weighted by molar-refractivity contribution is 0.0230. The molecule has 2 aliphatic heterocycles. The van der Waals surface area contributed by atoms with E-state index in [1.54, 1.807) is 38.7 Å². The average Bonchev–Trinajstić information content (AvgIpc) is 4.00. The summed E-state index contributed by atoms with van der Waals surface area (Å²) in [5.41, 5.74) is 8.19. The first kappa shape index (κ1) is 45.2. The highest BCUT2D eigenvalue weighted by Crippen LogP contribution is 2.37. The van der Waals surface area contributed by atoms with Crippen molar-refractivity contribution in [2.75, 3.05) is 62.2 Å². The van der Waals surface area contributed by atoms with Gasteiger partial charge in [-0.2, -0.15) is 0 Å². The topological polar surface area (TPSA) is 158 Å². The lowest BCUT2D eigenvalue weighted by atomic mass is 9.79. The molecule has 14 nitrogen and oxygen atoms in total. The third kappa shape index (κ3) is 11.9. The van der Waals surface area contributed by atoms with Gasteiger partial charge in [-0.05, 0) is 101 Å². The number of rotatable bonds is 4. The van der Waals surface area contributed by atoms with Gasteiger partial charge in [0, 0.05) is 111 Å². The van der Waals surface area contributed by atoms with Crippen molar-refractivity contribution in [3.05, 3.63) is 83.6 Å². The maximum Gasteiger partial charge on any atom is 0.484 e. The van der Waals surface area contributed by atoms with Gasteiger partial charge >= 0.3 is 19.3 Å². The van der Waals surface area contributed by atoms with Crippen LogP contribution in [0.4, 0.5) is 21.0 Å². The predicted molar refractivity (Wildman–Crippen MR) is 243 cm³/mol. The standard InChI is InChI=1S/C21H26N4O2S.C17H24BN3O4.C4H4BrNS/c1-14-23-18(13-28-14)15-11-16-17(12-15)22-6-5-19(16)24-7-9-25(10-8-24)20(26)27-21(2,3)4;1-17(2,3)25-16(22)21-8-6-20(7-9-21)15-4-5-19-14-11-12(18(23)24)10-13(14)15;1-3-6-4(5)2-7-3/h5-6,11,13H,7-10,12H2,1-4H3;4-5,10,23-24H,6-9,11H2,1-3H3;2H,1H3. The highest BCUT2D eigenvalue weighted by atomic mass is 79.9. The lowest BCUT2D eigenvalue weighted by Gasteiger charge is -2.37. The third-order valence-corrected chi connectivity index (χ3v) is 12.1. The van der Waals surface area contributed by atoms with E-state index in [9.17, 15) is 19.6 Å². The molecule has 0 spiro atoms. The number of carbonyl (C=O) groups excluding carboxylic acids is 2. The van der Waals surface area contributed by atoms with Crippen LogP contribution in [-0.2, 0) is 22.3 Å². The van der Waals surface area contributed by atoms with Gasteiger partial charge in [0.25, 0.3) is 0 Å². The van der Waals surface area contributed by atoms with E-state index in [1.165, 1.54) is 16.8 Å². The molecule has 60 heavy (non-hydrogen) atoms. The largest absolute Gasteiger partial charge is 0.484 e. The van der Waals surface area contributed by atoms with Gasteiger partial charge in [-0.1, -0.05) is 6.08 Å². The normalized spacial score (nSPS) is 16.1. The summed E-state index contributed by atoms with van der Waals surface area (Å²) in [6.45, 7) is 20.8.